The van der Waals surface area contributed by atoms with Crippen molar-refractivity contribution in [1.82, 2.24) is 15.0 Å². The van der Waals surface area contributed by atoms with E-state index in [1.807, 2.05) is 0 Å². The number of halogens is 1. The first kappa shape index (κ1) is 21.3. The molecule has 3 rings (SSSR count). The van der Waals surface area contributed by atoms with Gasteiger partial charge in [-0.1, -0.05) is 17.7 Å². The Bertz CT molecular complexity index is 1050. The second-order valence-electron chi connectivity index (χ2n) is 6.48. The molecule has 0 saturated carbocycles. The van der Waals surface area contributed by atoms with E-state index < -0.39 is 15.9 Å². The van der Waals surface area contributed by atoms with E-state index in [0.717, 1.165) is 0 Å². The molecule has 154 valence electrons. The monoisotopic (exact) mass is 436 g/mol. The molecule has 0 bridgehead atoms. The highest BCUT2D eigenvalue weighted by molar-refractivity contribution is 7.89. The second kappa shape index (κ2) is 8.91. The Kier molecular flexibility index (Phi) is 6.53. The van der Waals surface area contributed by atoms with E-state index in [0.29, 0.717) is 42.5 Å². The van der Waals surface area contributed by atoms with Crippen LogP contribution in [0.15, 0.2) is 52.5 Å². The molecule has 1 saturated heterocycles. The number of hydrogen-bond donors (Lipinski definition) is 3. The van der Waals surface area contributed by atoms with Crippen LogP contribution in [0, 0.1) is 0 Å². The van der Waals surface area contributed by atoms with Crippen LogP contribution in [-0.4, -0.2) is 55.6 Å². The summed E-state index contributed by atoms with van der Waals surface area (Å²) in [6.07, 6.45) is 0. The molecule has 1 aliphatic heterocycles. The Balaban J connectivity index is 1.78. The van der Waals surface area contributed by atoms with Crippen molar-refractivity contribution in [1.29, 1.82) is 0 Å². The van der Waals surface area contributed by atoms with Crippen LogP contribution in [0.3, 0.4) is 0 Å². The van der Waals surface area contributed by atoms with Gasteiger partial charge in [0.1, 0.15) is 5.75 Å². The molecule has 1 amide bonds. The van der Waals surface area contributed by atoms with Gasteiger partial charge in [0.05, 0.1) is 10.6 Å². The number of aromatic hydroxyl groups is 1. The lowest BCUT2D eigenvalue weighted by Crippen LogP contribution is -2.46. The Hall–Kier alpha value is -2.46. The van der Waals surface area contributed by atoms with Crippen LogP contribution in [0.4, 0.5) is 0 Å². The van der Waals surface area contributed by atoms with E-state index in [1.165, 1.54) is 46.8 Å². The van der Waals surface area contributed by atoms with Crippen molar-refractivity contribution in [2.24, 2.45) is 5.10 Å². The number of benzene rings is 2. The molecule has 0 radical (unpaired) electrons. The third-order valence-corrected chi connectivity index (χ3v) is 6.61. The number of phenolic OH excluding ortho intramolecular Hbond substituents is 1. The summed E-state index contributed by atoms with van der Waals surface area (Å²) >= 11 is 5.93. The predicted octanol–water partition coefficient (Wildman–Crippen LogP) is 1.79. The van der Waals surface area contributed by atoms with E-state index in [-0.39, 0.29) is 16.2 Å². The number of hydrazone groups is 1. The Morgan fingerprint density at radius 3 is 2.66 bits per heavy atom. The topological polar surface area (TPSA) is 111 Å². The van der Waals surface area contributed by atoms with Crippen LogP contribution in [0.25, 0.3) is 0 Å². The summed E-state index contributed by atoms with van der Waals surface area (Å²) in [7, 11) is -3.67. The first-order chi connectivity index (χ1) is 13.8. The zero-order valence-electron chi connectivity index (χ0n) is 15.7. The first-order valence-corrected chi connectivity index (χ1v) is 10.8. The number of phenols is 1. The molecule has 1 fully saturated rings. The molecule has 1 heterocycles. The largest absolute Gasteiger partial charge is 0.507 e. The van der Waals surface area contributed by atoms with Crippen LogP contribution in [-0.2, 0) is 10.0 Å². The SMILES string of the molecule is C/C(=N\NC(=O)c1cccc(S(=O)(=O)N2CCNCC2)c1)c1cc(Cl)ccc1O. The first-order valence-electron chi connectivity index (χ1n) is 8.93. The number of nitrogens with zero attached hydrogens (tertiary/aromatic N) is 2. The van der Waals surface area contributed by atoms with Crippen LogP contribution < -0.4 is 10.7 Å². The molecule has 2 aromatic rings. The van der Waals surface area contributed by atoms with Gasteiger partial charge in [-0.15, -0.1) is 0 Å². The summed E-state index contributed by atoms with van der Waals surface area (Å²) < 4.78 is 27.0. The highest BCUT2D eigenvalue weighted by Crippen LogP contribution is 2.22. The smallest absolute Gasteiger partial charge is 0.271 e. The van der Waals surface area contributed by atoms with Gasteiger partial charge in [-0.2, -0.15) is 9.41 Å². The van der Waals surface area contributed by atoms with Gasteiger partial charge in [-0.25, -0.2) is 13.8 Å². The number of nitrogens with one attached hydrogen (secondary N) is 2. The van der Waals surface area contributed by atoms with Crippen molar-refractivity contribution in [3.63, 3.8) is 0 Å². The second-order valence-corrected chi connectivity index (χ2v) is 8.86. The Morgan fingerprint density at radius 2 is 1.93 bits per heavy atom. The third kappa shape index (κ3) is 4.94. The Labute approximate surface area is 174 Å². The minimum Gasteiger partial charge on any atom is -0.507 e. The minimum absolute atomic E-state index is 0.0194. The molecule has 0 spiro atoms. The number of carbonyl (C=O) groups is 1. The van der Waals surface area contributed by atoms with Gasteiger partial charge in [0.25, 0.3) is 5.91 Å². The molecular formula is C19H21ClN4O4S. The van der Waals surface area contributed by atoms with E-state index >= 15 is 0 Å². The van der Waals surface area contributed by atoms with Crippen molar-refractivity contribution < 1.29 is 18.3 Å². The Morgan fingerprint density at radius 1 is 1.21 bits per heavy atom. The van der Waals surface area contributed by atoms with Crippen molar-refractivity contribution in [2.45, 2.75) is 11.8 Å². The number of carbonyl (C=O) groups excluding carboxylic acids is 1. The van der Waals surface area contributed by atoms with Crippen molar-refractivity contribution in [3.05, 3.63) is 58.6 Å². The fraction of sp³-hybridized carbons (Fsp3) is 0.263. The van der Waals surface area contributed by atoms with E-state index in [4.69, 9.17) is 11.6 Å². The van der Waals surface area contributed by atoms with Gasteiger partial charge >= 0.3 is 0 Å². The fourth-order valence-corrected chi connectivity index (χ4v) is 4.55. The average Bonchev–Trinajstić information content (AvgIpc) is 2.74. The molecule has 3 N–H and O–H groups in total. The van der Waals surface area contributed by atoms with Crippen LogP contribution in [0.5, 0.6) is 5.75 Å². The van der Waals surface area contributed by atoms with Gasteiger partial charge in [-0.05, 0) is 43.3 Å². The number of rotatable bonds is 5. The van der Waals surface area contributed by atoms with E-state index in [1.54, 1.807) is 6.92 Å². The van der Waals surface area contributed by atoms with Gasteiger partial charge in [0, 0.05) is 42.3 Å². The molecule has 0 atom stereocenters. The molecule has 8 nitrogen and oxygen atoms in total. The molecule has 10 heteroatoms. The molecule has 0 aromatic heterocycles. The lowest BCUT2D eigenvalue weighted by molar-refractivity contribution is 0.0954. The lowest BCUT2D eigenvalue weighted by atomic mass is 10.1. The maximum absolute atomic E-state index is 12.8. The van der Waals surface area contributed by atoms with Crippen LogP contribution in [0.1, 0.15) is 22.8 Å². The molecular weight excluding hydrogens is 416 g/mol. The summed E-state index contributed by atoms with van der Waals surface area (Å²) in [5.74, 6) is -0.586. The summed E-state index contributed by atoms with van der Waals surface area (Å²) in [5, 5.41) is 17.4. The van der Waals surface area contributed by atoms with E-state index in [9.17, 15) is 18.3 Å². The number of hydrogen-bond acceptors (Lipinski definition) is 6. The maximum Gasteiger partial charge on any atom is 0.271 e. The zero-order valence-corrected chi connectivity index (χ0v) is 17.3. The average molecular weight is 437 g/mol. The van der Waals surface area contributed by atoms with Crippen LogP contribution >= 0.6 is 11.6 Å². The quantitative estimate of drug-likeness (QED) is 0.489. The van der Waals surface area contributed by atoms with Gasteiger partial charge < -0.3 is 10.4 Å². The molecule has 0 aliphatic carbocycles. The number of piperazine rings is 1. The summed E-state index contributed by atoms with van der Waals surface area (Å²) in [5.41, 5.74) is 3.27. The highest BCUT2D eigenvalue weighted by Gasteiger charge is 2.26. The standard InChI is InChI=1S/C19H21ClN4O4S/c1-13(17-12-15(20)5-6-18(17)25)22-23-19(26)14-3-2-4-16(11-14)29(27,28)24-9-7-21-8-10-24/h2-6,11-12,21,25H,7-10H2,1H3,(H,23,26)/b22-13+. The molecule has 1 aliphatic rings. The number of amides is 1. The summed E-state index contributed by atoms with van der Waals surface area (Å²) in [6, 6.07) is 10.3. The molecule has 0 unspecified atom stereocenters. The van der Waals surface area contributed by atoms with Gasteiger partial charge in [0.2, 0.25) is 10.0 Å². The normalized spacial score (nSPS) is 15.9. The fourth-order valence-electron chi connectivity index (χ4n) is 2.89. The summed E-state index contributed by atoms with van der Waals surface area (Å²) in [4.78, 5) is 12.5. The lowest BCUT2D eigenvalue weighted by Gasteiger charge is -2.26. The highest BCUT2D eigenvalue weighted by atomic mass is 35.5. The van der Waals surface area contributed by atoms with Gasteiger partial charge in [0.15, 0.2) is 0 Å². The zero-order chi connectivity index (χ0) is 21.0. The van der Waals surface area contributed by atoms with E-state index in [2.05, 4.69) is 15.8 Å². The summed E-state index contributed by atoms with van der Waals surface area (Å²) in [6.45, 7) is 3.54. The van der Waals surface area contributed by atoms with Crippen molar-refractivity contribution >= 4 is 33.2 Å². The third-order valence-electron chi connectivity index (χ3n) is 4.48. The number of sulfonamides is 1. The van der Waals surface area contributed by atoms with Crippen molar-refractivity contribution in [2.75, 3.05) is 26.2 Å². The molecule has 2 aromatic carbocycles. The minimum atomic E-state index is -3.67. The maximum atomic E-state index is 12.8. The van der Waals surface area contributed by atoms with Crippen molar-refractivity contribution in [3.8, 4) is 5.75 Å². The molecule has 29 heavy (non-hydrogen) atoms. The predicted molar refractivity (Wildman–Crippen MR) is 111 cm³/mol. The van der Waals surface area contributed by atoms with Crippen LogP contribution in [0.2, 0.25) is 5.02 Å². The van der Waals surface area contributed by atoms with Gasteiger partial charge in [-0.3, -0.25) is 4.79 Å².